The minimum absolute atomic E-state index is 0.0535. The molecule has 2 aromatic heterocycles. The third-order valence-electron chi connectivity index (χ3n) is 7.70. The Morgan fingerprint density at radius 1 is 1.05 bits per heavy atom. The van der Waals surface area contributed by atoms with Crippen molar-refractivity contribution in [3.05, 3.63) is 72.1 Å². The van der Waals surface area contributed by atoms with E-state index in [2.05, 4.69) is 37.4 Å². The fourth-order valence-corrected chi connectivity index (χ4v) is 5.21. The highest BCUT2D eigenvalue weighted by atomic mass is 19.4. The summed E-state index contributed by atoms with van der Waals surface area (Å²) in [5, 5.41) is 6.31. The first-order valence-corrected chi connectivity index (χ1v) is 14.0. The molecule has 4 heterocycles. The maximum atomic E-state index is 13.0. The minimum Gasteiger partial charge on any atom is -0.457 e. The summed E-state index contributed by atoms with van der Waals surface area (Å²) < 4.78 is 46.6. The Morgan fingerprint density at radius 2 is 1.79 bits per heavy atom. The molecule has 1 unspecified atom stereocenters. The van der Waals surface area contributed by atoms with Gasteiger partial charge in [0.2, 0.25) is 11.9 Å². The Kier molecular flexibility index (Phi) is 7.65. The molecule has 2 aliphatic rings. The number of nitrogens with one attached hydrogen (secondary N) is 2. The first-order chi connectivity index (χ1) is 20.7. The largest absolute Gasteiger partial charge is 0.457 e. The molecule has 4 aromatic rings. The summed E-state index contributed by atoms with van der Waals surface area (Å²) in [5.74, 6) is 2.16. The van der Waals surface area contributed by atoms with Crippen molar-refractivity contribution in [2.75, 3.05) is 44.6 Å². The highest BCUT2D eigenvalue weighted by molar-refractivity contribution is 6.02. The fraction of sp³-hybridized carbons (Fsp3) is 0.333. The number of ether oxygens (including phenoxy) is 1. The van der Waals surface area contributed by atoms with Gasteiger partial charge in [-0.1, -0.05) is 6.92 Å². The average Bonchev–Trinajstić information content (AvgIpc) is 3.62. The number of carbonyl (C=O) groups is 1. The van der Waals surface area contributed by atoms with Crippen molar-refractivity contribution in [1.82, 2.24) is 29.7 Å². The van der Waals surface area contributed by atoms with Gasteiger partial charge in [0, 0.05) is 57.2 Å². The zero-order valence-electron chi connectivity index (χ0n) is 23.7. The van der Waals surface area contributed by atoms with Crippen LogP contribution < -0.4 is 15.4 Å². The number of amidine groups is 1. The van der Waals surface area contributed by atoms with Crippen LogP contribution in [0.4, 0.5) is 24.8 Å². The molecule has 1 atom stereocenters. The van der Waals surface area contributed by atoms with E-state index in [-0.39, 0.29) is 5.91 Å². The van der Waals surface area contributed by atoms with Crippen molar-refractivity contribution in [1.29, 1.82) is 0 Å². The van der Waals surface area contributed by atoms with Gasteiger partial charge in [-0.15, -0.1) is 0 Å². The van der Waals surface area contributed by atoms with Crippen LogP contribution in [0.3, 0.4) is 0 Å². The lowest BCUT2D eigenvalue weighted by molar-refractivity contribution is -0.137. The van der Waals surface area contributed by atoms with Crippen molar-refractivity contribution < 1.29 is 22.7 Å². The van der Waals surface area contributed by atoms with Crippen molar-refractivity contribution >= 4 is 34.4 Å². The molecule has 0 spiro atoms. The molecule has 13 heteroatoms. The monoisotopic (exact) mass is 592 g/mol. The Bertz CT molecular complexity index is 1660. The number of aliphatic imine (C=N–C) groups is 1. The number of benzene rings is 2. The van der Waals surface area contributed by atoms with E-state index >= 15 is 0 Å². The number of nitrogens with zero attached hydrogens (tertiary/aromatic N) is 6. The Hall–Kier alpha value is -4.65. The summed E-state index contributed by atoms with van der Waals surface area (Å²) in [4.78, 5) is 30.8. The quantitative estimate of drug-likeness (QED) is 0.328. The van der Waals surface area contributed by atoms with Crippen LogP contribution in [0.25, 0.3) is 11.0 Å². The summed E-state index contributed by atoms with van der Waals surface area (Å²) in [5.41, 5.74) is 1.80. The first-order valence-electron chi connectivity index (χ1n) is 14.0. The maximum absolute atomic E-state index is 13.0. The number of amides is 1. The number of fused-ring (bicyclic) bond motifs is 1. The van der Waals surface area contributed by atoms with Gasteiger partial charge in [-0.25, -0.2) is 4.98 Å². The van der Waals surface area contributed by atoms with E-state index in [1.807, 2.05) is 28.6 Å². The van der Waals surface area contributed by atoms with E-state index in [1.165, 1.54) is 12.1 Å². The molecule has 2 aromatic carbocycles. The number of imidazole rings is 1. The molecule has 43 heavy (non-hydrogen) atoms. The minimum atomic E-state index is -4.39. The van der Waals surface area contributed by atoms with Crippen molar-refractivity contribution in [3.8, 4) is 11.5 Å². The lowest BCUT2D eigenvalue weighted by Crippen LogP contribution is -2.54. The Morgan fingerprint density at radius 3 is 2.51 bits per heavy atom. The van der Waals surface area contributed by atoms with Gasteiger partial charge >= 0.3 is 6.18 Å². The number of pyridine rings is 1. The summed E-state index contributed by atoms with van der Waals surface area (Å²) in [6, 6.07) is 13.3. The molecule has 1 fully saturated rings. The highest BCUT2D eigenvalue weighted by Gasteiger charge is 2.32. The molecule has 6 rings (SSSR count). The van der Waals surface area contributed by atoms with E-state index < -0.39 is 17.8 Å². The topological polar surface area (TPSA) is 99.9 Å². The number of hydrogen-bond donors (Lipinski definition) is 2. The third kappa shape index (κ3) is 6.12. The van der Waals surface area contributed by atoms with Gasteiger partial charge in [-0.3, -0.25) is 14.8 Å². The van der Waals surface area contributed by atoms with Gasteiger partial charge in [0.15, 0.2) is 0 Å². The van der Waals surface area contributed by atoms with Crippen LogP contribution >= 0.6 is 0 Å². The molecule has 1 amide bonds. The fourth-order valence-electron chi connectivity index (χ4n) is 5.21. The number of rotatable bonds is 7. The number of aryl methyl sites for hydroxylation is 1. The van der Waals surface area contributed by atoms with Crippen LogP contribution in [-0.2, 0) is 18.0 Å². The number of hydrogen-bond acceptors (Lipinski definition) is 8. The van der Waals surface area contributed by atoms with Gasteiger partial charge in [0.1, 0.15) is 29.1 Å². The van der Waals surface area contributed by atoms with Gasteiger partial charge in [0.05, 0.1) is 23.1 Å². The van der Waals surface area contributed by atoms with Crippen LogP contribution in [0.1, 0.15) is 18.2 Å². The molecule has 224 valence electrons. The van der Waals surface area contributed by atoms with Crippen molar-refractivity contribution in [2.45, 2.75) is 19.1 Å². The predicted molar refractivity (Wildman–Crippen MR) is 157 cm³/mol. The molecule has 0 saturated carbocycles. The van der Waals surface area contributed by atoms with Gasteiger partial charge < -0.3 is 29.7 Å². The molecule has 10 nitrogen and oxygen atoms in total. The van der Waals surface area contributed by atoms with E-state index in [0.29, 0.717) is 46.7 Å². The Labute approximate surface area is 246 Å². The smallest absolute Gasteiger partial charge is 0.416 e. The number of likely N-dealkylation sites (N-methyl/N-ethyl adjacent to an activating group) is 1. The number of carbonyl (C=O) groups excluding carboxylic acids is 1. The molecule has 0 radical (unpaired) electrons. The highest BCUT2D eigenvalue weighted by Crippen LogP contribution is 2.31. The van der Waals surface area contributed by atoms with Crippen molar-refractivity contribution in [3.63, 3.8) is 0 Å². The Balaban J connectivity index is 1.11. The second kappa shape index (κ2) is 11.6. The summed E-state index contributed by atoms with van der Waals surface area (Å²) in [7, 11) is 1.82. The molecule has 1 saturated heterocycles. The lowest BCUT2D eigenvalue weighted by Gasteiger charge is -2.35. The maximum Gasteiger partial charge on any atom is 0.416 e. The zero-order valence-corrected chi connectivity index (χ0v) is 23.7. The van der Waals surface area contributed by atoms with E-state index in [4.69, 9.17) is 4.74 Å². The summed E-state index contributed by atoms with van der Waals surface area (Å²) in [6.45, 7) is 6.66. The van der Waals surface area contributed by atoms with Crippen LogP contribution in [0.15, 0.2) is 65.8 Å². The number of piperazine rings is 1. The molecule has 0 aliphatic carbocycles. The van der Waals surface area contributed by atoms with Crippen molar-refractivity contribution in [2.24, 2.45) is 12.0 Å². The molecular weight excluding hydrogens is 561 g/mol. The molecule has 2 N–H and O–H groups in total. The van der Waals surface area contributed by atoms with Crippen LogP contribution in [0.2, 0.25) is 0 Å². The number of aromatic nitrogens is 3. The lowest BCUT2D eigenvalue weighted by atomic mass is 10.2. The third-order valence-corrected chi connectivity index (χ3v) is 7.70. The first kappa shape index (κ1) is 28.5. The summed E-state index contributed by atoms with van der Waals surface area (Å²) in [6.07, 6.45) is -2.77. The number of alkyl halides is 3. The molecule has 0 bridgehead atoms. The SMILES string of the molecule is CCN1CCN(C(=O)C2CN=C(c3cc(Oc4ccc5c(c4)nc(Nc4ccc(C(F)(F)F)cc4)n5C)ccn3)N2)CC1. The van der Waals surface area contributed by atoms with E-state index in [9.17, 15) is 18.0 Å². The second-order valence-electron chi connectivity index (χ2n) is 10.5. The molecular formula is C30H31F3N8O2. The van der Waals surface area contributed by atoms with Crippen LogP contribution in [-0.4, -0.2) is 81.4 Å². The van der Waals surface area contributed by atoms with Gasteiger partial charge in [0.25, 0.3) is 0 Å². The van der Waals surface area contributed by atoms with Gasteiger partial charge in [-0.05, 0) is 49.0 Å². The van der Waals surface area contributed by atoms with Gasteiger partial charge in [-0.2, -0.15) is 13.2 Å². The number of anilines is 2. The summed E-state index contributed by atoms with van der Waals surface area (Å²) >= 11 is 0. The normalized spacial score (nSPS) is 17.6. The average molecular weight is 593 g/mol. The standard InChI is InChI=1S/C30H31F3N8O2/c1-3-40-12-14-41(15-13-40)28(42)25-18-35-27(37-25)24-17-22(10-11-34-24)43-21-8-9-26-23(16-21)38-29(39(26)2)36-20-6-4-19(5-7-20)30(31,32)33/h4-11,16-17,25H,3,12-15,18H2,1-2H3,(H,35,37)(H,36,38). The predicted octanol–water partition coefficient (Wildman–Crippen LogP) is 4.41. The van der Waals surface area contributed by atoms with E-state index in [1.54, 1.807) is 24.4 Å². The second-order valence-corrected chi connectivity index (χ2v) is 10.5. The van der Waals surface area contributed by atoms with Crippen LogP contribution in [0, 0.1) is 0 Å². The zero-order chi connectivity index (χ0) is 30.1. The number of halogens is 3. The van der Waals surface area contributed by atoms with Crippen LogP contribution in [0.5, 0.6) is 11.5 Å². The van der Waals surface area contributed by atoms with E-state index in [0.717, 1.165) is 50.4 Å². The molecule has 2 aliphatic heterocycles.